The number of fused-ring (bicyclic) bond motifs is 1. The van der Waals surface area contributed by atoms with Crippen LogP contribution in [0.1, 0.15) is 40.6 Å². The fraction of sp³-hybridized carbons (Fsp3) is 0.200. The molecule has 2 heterocycles. The van der Waals surface area contributed by atoms with Crippen LogP contribution in [-0.4, -0.2) is 38.0 Å². The average Bonchev–Trinajstić information content (AvgIpc) is 3.36. The molecule has 1 aliphatic heterocycles. The normalized spacial score (nSPS) is 16.0. The number of carbonyl (C=O) groups is 2. The fourth-order valence-electron chi connectivity index (χ4n) is 4.27. The van der Waals surface area contributed by atoms with Crippen LogP contribution in [-0.2, 0) is 11.3 Å². The number of aromatic nitrogens is 2. The van der Waals surface area contributed by atoms with Gasteiger partial charge in [-0.25, -0.2) is 10.5 Å². The summed E-state index contributed by atoms with van der Waals surface area (Å²) in [5.41, 5.74) is 8.90. The maximum atomic E-state index is 13.5. The van der Waals surface area contributed by atoms with E-state index >= 15 is 0 Å². The molecule has 0 spiro atoms. The van der Waals surface area contributed by atoms with Crippen LogP contribution in [0, 0.1) is 0 Å². The van der Waals surface area contributed by atoms with Gasteiger partial charge in [-0.05, 0) is 42.7 Å². The third-order valence-corrected chi connectivity index (χ3v) is 6.01. The van der Waals surface area contributed by atoms with Crippen molar-refractivity contribution >= 4 is 22.7 Å². The number of nitrogens with two attached hydrogens (primary N) is 1. The summed E-state index contributed by atoms with van der Waals surface area (Å²) >= 11 is 0. The summed E-state index contributed by atoms with van der Waals surface area (Å²) in [6, 6.07) is 13.2. The molecule has 34 heavy (non-hydrogen) atoms. The Labute approximate surface area is 195 Å². The molecule has 2 amide bonds. The van der Waals surface area contributed by atoms with Gasteiger partial charge >= 0.3 is 0 Å². The van der Waals surface area contributed by atoms with Crippen molar-refractivity contribution in [3.05, 3.63) is 100 Å². The zero-order valence-electron chi connectivity index (χ0n) is 18.5. The molecule has 4 N–H and O–H groups in total. The molecule has 0 bridgehead atoms. The third kappa shape index (κ3) is 4.20. The minimum atomic E-state index is -0.622. The third-order valence-electron chi connectivity index (χ3n) is 6.01. The van der Waals surface area contributed by atoms with E-state index in [0.29, 0.717) is 35.3 Å². The summed E-state index contributed by atoms with van der Waals surface area (Å²) in [7, 11) is 0. The van der Waals surface area contributed by atoms with Crippen LogP contribution < -0.4 is 16.8 Å². The predicted molar refractivity (Wildman–Crippen MR) is 127 cm³/mol. The van der Waals surface area contributed by atoms with Gasteiger partial charge in [0.25, 0.3) is 17.4 Å². The van der Waals surface area contributed by atoms with Crippen molar-refractivity contribution in [3.8, 4) is 0 Å². The van der Waals surface area contributed by atoms with Crippen LogP contribution >= 0.6 is 0 Å². The van der Waals surface area contributed by atoms with E-state index in [0.717, 1.165) is 12.0 Å². The molecule has 1 atom stereocenters. The van der Waals surface area contributed by atoms with Crippen molar-refractivity contribution in [2.24, 2.45) is 5.73 Å². The number of hydroxylamine groups is 1. The Morgan fingerprint density at radius 3 is 2.62 bits per heavy atom. The highest BCUT2D eigenvalue weighted by molar-refractivity contribution is 5.96. The molecule has 0 radical (unpaired) electrons. The van der Waals surface area contributed by atoms with E-state index < -0.39 is 11.9 Å². The maximum absolute atomic E-state index is 13.5. The number of hydrogen-bond donors (Lipinski definition) is 3. The standard InChI is InChI=1S/C25H25N5O4/c1-2-17(14-26)24(32)29-13-5-8-21(29)22-27-20-7-4-3-6-19(20)25(33)30(22)15-16-9-11-18(12-10-16)23(31)28-34/h2-4,6-7,9-12,14,21,34H,1,5,8,13,15,26H2,(H,28,31)/b17-14+/t21-/m0/s1. The predicted octanol–water partition coefficient (Wildman–Crippen LogP) is 2.26. The molecule has 0 aliphatic carbocycles. The molecule has 2 aromatic carbocycles. The number of benzene rings is 2. The molecule has 174 valence electrons. The smallest absolute Gasteiger partial charge is 0.274 e. The second kappa shape index (κ2) is 9.72. The van der Waals surface area contributed by atoms with Crippen molar-refractivity contribution in [1.82, 2.24) is 19.9 Å². The highest BCUT2D eigenvalue weighted by atomic mass is 16.5. The lowest BCUT2D eigenvalue weighted by atomic mass is 10.1. The maximum Gasteiger partial charge on any atom is 0.274 e. The number of carbonyl (C=O) groups excluding carboxylic acids is 2. The Bertz CT molecular complexity index is 1340. The van der Waals surface area contributed by atoms with E-state index in [-0.39, 0.29) is 23.6 Å². The number of amides is 2. The van der Waals surface area contributed by atoms with E-state index in [9.17, 15) is 14.4 Å². The number of rotatable bonds is 6. The van der Waals surface area contributed by atoms with Crippen molar-refractivity contribution < 1.29 is 14.8 Å². The summed E-state index contributed by atoms with van der Waals surface area (Å²) in [5.74, 6) is -0.386. The van der Waals surface area contributed by atoms with Crippen LogP contribution in [0.4, 0.5) is 0 Å². The van der Waals surface area contributed by atoms with Crippen LogP contribution in [0.5, 0.6) is 0 Å². The molecule has 9 heteroatoms. The number of nitrogens with one attached hydrogen (secondary N) is 1. The molecule has 0 saturated carbocycles. The van der Waals surface area contributed by atoms with Gasteiger partial charge in [0.1, 0.15) is 5.82 Å². The van der Waals surface area contributed by atoms with E-state index in [1.165, 1.54) is 12.3 Å². The average molecular weight is 460 g/mol. The highest BCUT2D eigenvalue weighted by Gasteiger charge is 2.34. The highest BCUT2D eigenvalue weighted by Crippen LogP contribution is 2.32. The summed E-state index contributed by atoms with van der Waals surface area (Å²) < 4.78 is 1.58. The molecule has 3 aromatic rings. The van der Waals surface area contributed by atoms with Crippen LogP contribution in [0.15, 0.2) is 77.8 Å². The minimum Gasteiger partial charge on any atom is -0.404 e. The molecular formula is C25H25N5O4. The Morgan fingerprint density at radius 2 is 1.94 bits per heavy atom. The van der Waals surface area contributed by atoms with Gasteiger partial charge < -0.3 is 10.6 Å². The zero-order chi connectivity index (χ0) is 24.2. The number of likely N-dealkylation sites (tertiary alicyclic amines) is 1. The van der Waals surface area contributed by atoms with Crippen molar-refractivity contribution in [1.29, 1.82) is 0 Å². The lowest BCUT2D eigenvalue weighted by Gasteiger charge is -2.27. The Hall–Kier alpha value is -4.24. The SMILES string of the molecule is C=C/C(=C\N)C(=O)N1CCC[C@H]1c1nc2ccccc2c(=O)n1Cc1ccc(C(=O)NO)cc1. The van der Waals surface area contributed by atoms with Gasteiger partial charge in [0.05, 0.1) is 29.1 Å². The van der Waals surface area contributed by atoms with Crippen LogP contribution in [0.3, 0.4) is 0 Å². The topological polar surface area (TPSA) is 131 Å². The van der Waals surface area contributed by atoms with Gasteiger partial charge in [-0.15, -0.1) is 0 Å². The van der Waals surface area contributed by atoms with E-state index in [4.69, 9.17) is 15.9 Å². The van der Waals surface area contributed by atoms with Crippen molar-refractivity contribution in [3.63, 3.8) is 0 Å². The first-order chi connectivity index (χ1) is 16.5. The number of nitrogens with zero attached hydrogens (tertiary/aromatic N) is 3. The van der Waals surface area contributed by atoms with E-state index in [1.54, 1.807) is 57.4 Å². The molecule has 1 saturated heterocycles. The number of para-hydroxylation sites is 1. The van der Waals surface area contributed by atoms with Gasteiger partial charge in [-0.3, -0.25) is 24.2 Å². The quantitative estimate of drug-likeness (QED) is 0.224. The van der Waals surface area contributed by atoms with Gasteiger partial charge in [-0.2, -0.15) is 0 Å². The summed E-state index contributed by atoms with van der Waals surface area (Å²) in [5, 5.41) is 9.31. The second-order valence-electron chi connectivity index (χ2n) is 8.00. The van der Waals surface area contributed by atoms with Crippen molar-refractivity contribution in [2.75, 3.05) is 6.54 Å². The van der Waals surface area contributed by atoms with E-state index in [2.05, 4.69) is 6.58 Å². The first-order valence-corrected chi connectivity index (χ1v) is 10.9. The van der Waals surface area contributed by atoms with E-state index in [1.807, 2.05) is 6.07 Å². The summed E-state index contributed by atoms with van der Waals surface area (Å²) in [6.45, 7) is 4.38. The van der Waals surface area contributed by atoms with Gasteiger partial charge in [-0.1, -0.05) is 36.9 Å². The van der Waals surface area contributed by atoms with Gasteiger partial charge in [0.2, 0.25) is 0 Å². The first-order valence-electron chi connectivity index (χ1n) is 10.9. The molecule has 0 unspecified atom stereocenters. The molecular weight excluding hydrogens is 434 g/mol. The summed E-state index contributed by atoms with van der Waals surface area (Å²) in [4.78, 5) is 44.7. The Balaban J connectivity index is 1.81. The molecule has 1 aromatic heterocycles. The number of hydrogen-bond acceptors (Lipinski definition) is 6. The molecule has 1 fully saturated rings. The Morgan fingerprint density at radius 1 is 1.21 bits per heavy atom. The van der Waals surface area contributed by atoms with Crippen molar-refractivity contribution in [2.45, 2.75) is 25.4 Å². The van der Waals surface area contributed by atoms with Gasteiger partial charge in [0.15, 0.2) is 0 Å². The molecule has 9 nitrogen and oxygen atoms in total. The monoisotopic (exact) mass is 459 g/mol. The zero-order valence-corrected chi connectivity index (χ0v) is 18.5. The Kier molecular flexibility index (Phi) is 6.55. The minimum absolute atomic E-state index is 0.201. The van der Waals surface area contributed by atoms with Crippen LogP contribution in [0.2, 0.25) is 0 Å². The summed E-state index contributed by atoms with van der Waals surface area (Å²) in [6.07, 6.45) is 4.07. The van der Waals surface area contributed by atoms with Crippen LogP contribution in [0.25, 0.3) is 10.9 Å². The lowest BCUT2D eigenvalue weighted by Crippen LogP contribution is -2.36. The molecule has 4 rings (SSSR count). The molecule has 1 aliphatic rings. The lowest BCUT2D eigenvalue weighted by molar-refractivity contribution is -0.127. The fourth-order valence-corrected chi connectivity index (χ4v) is 4.27. The second-order valence-corrected chi connectivity index (χ2v) is 8.00. The van der Waals surface area contributed by atoms with Gasteiger partial charge in [0, 0.05) is 18.3 Å². The first kappa shape index (κ1) is 22.9. The largest absolute Gasteiger partial charge is 0.404 e.